The molecule has 1 unspecified atom stereocenters. The summed E-state index contributed by atoms with van der Waals surface area (Å²) in [6, 6.07) is 6.43. The van der Waals surface area contributed by atoms with Gasteiger partial charge in [0.25, 0.3) is 5.91 Å². The SMILES string of the molecule is Cc1ccccc1OCC(=O)NC(C(=O)O)C(C)C. The molecule has 2 N–H and O–H groups in total. The van der Waals surface area contributed by atoms with E-state index in [9.17, 15) is 9.59 Å². The molecule has 0 aromatic heterocycles. The van der Waals surface area contributed by atoms with Gasteiger partial charge in [-0.3, -0.25) is 4.79 Å². The lowest BCUT2D eigenvalue weighted by molar-refractivity contribution is -0.143. The summed E-state index contributed by atoms with van der Waals surface area (Å²) in [7, 11) is 0. The molecule has 19 heavy (non-hydrogen) atoms. The van der Waals surface area contributed by atoms with Crippen LogP contribution in [0.2, 0.25) is 0 Å². The third kappa shape index (κ3) is 4.62. The van der Waals surface area contributed by atoms with Gasteiger partial charge >= 0.3 is 5.97 Å². The van der Waals surface area contributed by atoms with E-state index in [2.05, 4.69) is 5.32 Å². The normalized spacial score (nSPS) is 12.0. The number of amides is 1. The summed E-state index contributed by atoms with van der Waals surface area (Å²) >= 11 is 0. The molecule has 104 valence electrons. The number of aliphatic carboxylic acids is 1. The number of ether oxygens (including phenoxy) is 1. The van der Waals surface area contributed by atoms with Gasteiger partial charge in [-0.2, -0.15) is 0 Å². The number of hydrogen-bond acceptors (Lipinski definition) is 3. The smallest absolute Gasteiger partial charge is 0.326 e. The van der Waals surface area contributed by atoms with Gasteiger partial charge < -0.3 is 15.2 Å². The van der Waals surface area contributed by atoms with Crippen molar-refractivity contribution in [1.29, 1.82) is 0 Å². The maximum atomic E-state index is 11.6. The van der Waals surface area contributed by atoms with Gasteiger partial charge in [0, 0.05) is 0 Å². The molecule has 1 rings (SSSR count). The highest BCUT2D eigenvalue weighted by molar-refractivity contribution is 5.84. The monoisotopic (exact) mass is 265 g/mol. The zero-order valence-corrected chi connectivity index (χ0v) is 11.3. The van der Waals surface area contributed by atoms with Crippen molar-refractivity contribution >= 4 is 11.9 Å². The summed E-state index contributed by atoms with van der Waals surface area (Å²) in [6.45, 7) is 5.16. The first-order valence-electron chi connectivity index (χ1n) is 6.12. The van der Waals surface area contributed by atoms with Crippen molar-refractivity contribution in [3.05, 3.63) is 29.8 Å². The minimum absolute atomic E-state index is 0.181. The Morgan fingerprint density at radius 3 is 2.47 bits per heavy atom. The van der Waals surface area contributed by atoms with Gasteiger partial charge in [-0.25, -0.2) is 4.79 Å². The number of carboxylic acid groups (broad SMARTS) is 1. The number of carbonyl (C=O) groups is 2. The van der Waals surface area contributed by atoms with E-state index in [4.69, 9.17) is 9.84 Å². The Hall–Kier alpha value is -2.04. The summed E-state index contributed by atoms with van der Waals surface area (Å²) in [6.07, 6.45) is 0. The standard InChI is InChI=1S/C14H19NO4/c1-9(2)13(14(17)18)15-12(16)8-19-11-7-5-4-6-10(11)3/h4-7,9,13H,8H2,1-3H3,(H,15,16)(H,17,18). The number of para-hydroxylation sites is 1. The van der Waals surface area contributed by atoms with Gasteiger partial charge in [-0.1, -0.05) is 32.0 Å². The predicted molar refractivity (Wildman–Crippen MR) is 71.1 cm³/mol. The van der Waals surface area contributed by atoms with Crippen LogP contribution in [0.4, 0.5) is 0 Å². The number of rotatable bonds is 6. The van der Waals surface area contributed by atoms with Gasteiger partial charge in [0.1, 0.15) is 11.8 Å². The van der Waals surface area contributed by atoms with Crippen LogP contribution in [0.25, 0.3) is 0 Å². The Bertz CT molecular complexity index is 457. The summed E-state index contributed by atoms with van der Waals surface area (Å²) in [5, 5.41) is 11.4. The number of benzene rings is 1. The highest BCUT2D eigenvalue weighted by atomic mass is 16.5. The van der Waals surface area contributed by atoms with Gasteiger partial charge in [-0.05, 0) is 24.5 Å². The molecule has 0 radical (unpaired) electrons. The molecule has 1 atom stereocenters. The Morgan fingerprint density at radius 1 is 1.32 bits per heavy atom. The third-order valence-electron chi connectivity index (χ3n) is 2.70. The van der Waals surface area contributed by atoms with Crippen molar-refractivity contribution in [3.8, 4) is 5.75 Å². The van der Waals surface area contributed by atoms with E-state index < -0.39 is 17.9 Å². The first kappa shape index (κ1) is 15.0. The molecule has 0 bridgehead atoms. The molecular formula is C14H19NO4. The van der Waals surface area contributed by atoms with Crippen LogP contribution in [-0.4, -0.2) is 29.6 Å². The molecule has 0 aliphatic heterocycles. The number of hydrogen-bond donors (Lipinski definition) is 2. The average Bonchev–Trinajstić information content (AvgIpc) is 2.34. The van der Waals surface area contributed by atoms with E-state index in [1.807, 2.05) is 25.1 Å². The molecule has 1 amide bonds. The predicted octanol–water partition coefficient (Wildman–Crippen LogP) is 1.60. The van der Waals surface area contributed by atoms with Crippen molar-refractivity contribution in [2.24, 2.45) is 5.92 Å². The van der Waals surface area contributed by atoms with Crippen LogP contribution in [0.5, 0.6) is 5.75 Å². The fraction of sp³-hybridized carbons (Fsp3) is 0.429. The van der Waals surface area contributed by atoms with Crippen molar-refractivity contribution < 1.29 is 19.4 Å². The van der Waals surface area contributed by atoms with Crippen LogP contribution in [0.1, 0.15) is 19.4 Å². The van der Waals surface area contributed by atoms with E-state index in [0.29, 0.717) is 5.75 Å². The molecule has 5 nitrogen and oxygen atoms in total. The van der Waals surface area contributed by atoms with E-state index in [-0.39, 0.29) is 12.5 Å². The van der Waals surface area contributed by atoms with E-state index in [1.165, 1.54) is 0 Å². The zero-order valence-electron chi connectivity index (χ0n) is 11.3. The van der Waals surface area contributed by atoms with Crippen molar-refractivity contribution in [3.63, 3.8) is 0 Å². The molecule has 0 heterocycles. The van der Waals surface area contributed by atoms with Crippen LogP contribution >= 0.6 is 0 Å². The minimum atomic E-state index is -1.04. The number of aryl methyl sites for hydroxylation is 1. The largest absolute Gasteiger partial charge is 0.484 e. The maximum Gasteiger partial charge on any atom is 0.326 e. The molecule has 0 aliphatic rings. The van der Waals surface area contributed by atoms with Gasteiger partial charge in [0.2, 0.25) is 0 Å². The molecule has 0 saturated carbocycles. The lowest BCUT2D eigenvalue weighted by atomic mass is 10.1. The fourth-order valence-corrected chi connectivity index (χ4v) is 1.59. The minimum Gasteiger partial charge on any atom is -0.484 e. The first-order chi connectivity index (χ1) is 8.91. The van der Waals surface area contributed by atoms with Gasteiger partial charge in [0.15, 0.2) is 6.61 Å². The molecule has 0 spiro atoms. The van der Waals surface area contributed by atoms with Crippen LogP contribution < -0.4 is 10.1 Å². The second-order valence-corrected chi connectivity index (χ2v) is 4.68. The molecule has 0 aliphatic carbocycles. The van der Waals surface area contributed by atoms with E-state index in [0.717, 1.165) is 5.56 Å². The molecule has 0 saturated heterocycles. The summed E-state index contributed by atoms with van der Waals surface area (Å²) < 4.78 is 5.35. The summed E-state index contributed by atoms with van der Waals surface area (Å²) in [5.74, 6) is -1.04. The van der Waals surface area contributed by atoms with Crippen molar-refractivity contribution in [1.82, 2.24) is 5.32 Å². The Balaban J connectivity index is 2.52. The Kier molecular flexibility index (Phi) is 5.36. The average molecular weight is 265 g/mol. The zero-order chi connectivity index (χ0) is 14.4. The number of nitrogens with one attached hydrogen (secondary N) is 1. The second kappa shape index (κ2) is 6.78. The molecule has 0 fully saturated rings. The molecule has 1 aromatic carbocycles. The fourth-order valence-electron chi connectivity index (χ4n) is 1.59. The van der Waals surface area contributed by atoms with Gasteiger partial charge in [-0.15, -0.1) is 0 Å². The Morgan fingerprint density at radius 2 is 1.95 bits per heavy atom. The van der Waals surface area contributed by atoms with Crippen LogP contribution in [0, 0.1) is 12.8 Å². The highest BCUT2D eigenvalue weighted by Gasteiger charge is 2.23. The maximum absolute atomic E-state index is 11.6. The molecular weight excluding hydrogens is 246 g/mol. The van der Waals surface area contributed by atoms with Gasteiger partial charge in [0.05, 0.1) is 0 Å². The van der Waals surface area contributed by atoms with E-state index in [1.54, 1.807) is 19.9 Å². The van der Waals surface area contributed by atoms with Crippen LogP contribution in [-0.2, 0) is 9.59 Å². The lowest BCUT2D eigenvalue weighted by Crippen LogP contribution is -2.46. The van der Waals surface area contributed by atoms with Crippen molar-refractivity contribution in [2.75, 3.05) is 6.61 Å². The van der Waals surface area contributed by atoms with E-state index >= 15 is 0 Å². The lowest BCUT2D eigenvalue weighted by Gasteiger charge is -2.18. The van der Waals surface area contributed by atoms with Crippen LogP contribution in [0.15, 0.2) is 24.3 Å². The quantitative estimate of drug-likeness (QED) is 0.819. The number of carboxylic acids is 1. The van der Waals surface area contributed by atoms with Crippen LogP contribution in [0.3, 0.4) is 0 Å². The topological polar surface area (TPSA) is 75.6 Å². The Labute approximate surface area is 112 Å². The summed E-state index contributed by atoms with van der Waals surface area (Å²) in [4.78, 5) is 22.6. The first-order valence-corrected chi connectivity index (χ1v) is 6.12. The highest BCUT2D eigenvalue weighted by Crippen LogP contribution is 2.15. The second-order valence-electron chi connectivity index (χ2n) is 4.68. The molecule has 5 heteroatoms. The number of carbonyl (C=O) groups excluding carboxylic acids is 1. The summed E-state index contributed by atoms with van der Waals surface area (Å²) in [5.41, 5.74) is 0.925. The van der Waals surface area contributed by atoms with Crippen molar-refractivity contribution in [2.45, 2.75) is 26.8 Å². The molecule has 1 aromatic rings. The third-order valence-corrected chi connectivity index (χ3v) is 2.70.